The molecule has 2 aromatic rings. The fraction of sp³-hybridized carbons (Fsp3) is 0.333. The SMILES string of the molecule is Cc1ccc(NC(=S)NC(=O)CCC(=O)OCCc2ccccc2)cc1NC(=O)C1CC1. The molecular weight excluding hydrogens is 426 g/mol. The van der Waals surface area contributed by atoms with E-state index < -0.39 is 5.97 Å². The fourth-order valence-corrected chi connectivity index (χ4v) is 3.21. The summed E-state index contributed by atoms with van der Waals surface area (Å²) in [7, 11) is 0. The molecule has 0 radical (unpaired) electrons. The second-order valence-electron chi connectivity index (χ2n) is 7.75. The highest BCUT2D eigenvalue weighted by molar-refractivity contribution is 7.80. The van der Waals surface area contributed by atoms with Gasteiger partial charge < -0.3 is 20.7 Å². The van der Waals surface area contributed by atoms with Crippen molar-refractivity contribution in [3.8, 4) is 0 Å². The predicted molar refractivity (Wildman–Crippen MR) is 127 cm³/mol. The van der Waals surface area contributed by atoms with E-state index in [1.807, 2.05) is 49.4 Å². The van der Waals surface area contributed by atoms with Crippen molar-refractivity contribution in [3.63, 3.8) is 0 Å². The Morgan fingerprint density at radius 1 is 1.03 bits per heavy atom. The molecule has 3 rings (SSSR count). The van der Waals surface area contributed by atoms with E-state index in [9.17, 15) is 14.4 Å². The summed E-state index contributed by atoms with van der Waals surface area (Å²) in [6.07, 6.45) is 2.44. The predicted octanol–water partition coefficient (Wildman–Crippen LogP) is 3.72. The zero-order valence-electron chi connectivity index (χ0n) is 18.0. The van der Waals surface area contributed by atoms with Crippen molar-refractivity contribution in [1.29, 1.82) is 0 Å². The van der Waals surface area contributed by atoms with Gasteiger partial charge in [0, 0.05) is 30.1 Å². The zero-order valence-corrected chi connectivity index (χ0v) is 18.8. The number of carbonyl (C=O) groups excluding carboxylic acids is 3. The summed E-state index contributed by atoms with van der Waals surface area (Å²) in [4.78, 5) is 35.9. The molecule has 1 aliphatic carbocycles. The van der Waals surface area contributed by atoms with Crippen molar-refractivity contribution in [2.45, 2.75) is 39.0 Å². The van der Waals surface area contributed by atoms with Gasteiger partial charge >= 0.3 is 5.97 Å². The Bertz CT molecular complexity index is 990. The lowest BCUT2D eigenvalue weighted by Gasteiger charge is -2.13. The van der Waals surface area contributed by atoms with E-state index >= 15 is 0 Å². The van der Waals surface area contributed by atoms with Crippen molar-refractivity contribution in [2.75, 3.05) is 17.2 Å². The summed E-state index contributed by atoms with van der Waals surface area (Å²) in [5.74, 6) is -0.672. The van der Waals surface area contributed by atoms with Gasteiger partial charge in [-0.1, -0.05) is 36.4 Å². The van der Waals surface area contributed by atoms with E-state index in [-0.39, 0.29) is 42.3 Å². The largest absolute Gasteiger partial charge is 0.465 e. The van der Waals surface area contributed by atoms with Crippen LogP contribution < -0.4 is 16.0 Å². The van der Waals surface area contributed by atoms with Crippen molar-refractivity contribution < 1.29 is 19.1 Å². The monoisotopic (exact) mass is 453 g/mol. The number of hydrogen-bond donors (Lipinski definition) is 3. The molecular formula is C24H27N3O4S. The number of nitrogens with one attached hydrogen (secondary N) is 3. The van der Waals surface area contributed by atoms with Crippen LogP contribution in [-0.2, 0) is 25.5 Å². The van der Waals surface area contributed by atoms with E-state index in [0.717, 1.165) is 24.0 Å². The maximum atomic E-state index is 12.1. The van der Waals surface area contributed by atoms with Gasteiger partial charge in [0.15, 0.2) is 5.11 Å². The first-order valence-corrected chi connectivity index (χ1v) is 11.0. The molecule has 0 aromatic heterocycles. The summed E-state index contributed by atoms with van der Waals surface area (Å²) in [5.41, 5.74) is 3.37. The van der Waals surface area contributed by atoms with Crippen LogP contribution in [0.25, 0.3) is 0 Å². The van der Waals surface area contributed by atoms with Crippen LogP contribution in [0.2, 0.25) is 0 Å². The first kappa shape index (κ1) is 23.4. The third kappa shape index (κ3) is 7.77. The molecule has 0 bridgehead atoms. The van der Waals surface area contributed by atoms with Crippen molar-refractivity contribution in [2.24, 2.45) is 5.92 Å². The molecule has 7 nitrogen and oxygen atoms in total. The molecule has 168 valence electrons. The molecule has 1 fully saturated rings. The molecule has 2 aromatic carbocycles. The maximum absolute atomic E-state index is 12.1. The van der Waals surface area contributed by atoms with Crippen LogP contribution >= 0.6 is 12.2 Å². The Morgan fingerprint density at radius 3 is 2.50 bits per heavy atom. The van der Waals surface area contributed by atoms with Crippen LogP contribution in [-0.4, -0.2) is 29.5 Å². The van der Waals surface area contributed by atoms with E-state index in [2.05, 4.69) is 16.0 Å². The lowest BCUT2D eigenvalue weighted by Crippen LogP contribution is -2.34. The Hall–Kier alpha value is -3.26. The Labute approximate surface area is 192 Å². The molecule has 0 spiro atoms. The molecule has 1 aliphatic rings. The molecule has 0 atom stereocenters. The van der Waals surface area contributed by atoms with Gasteiger partial charge in [0.1, 0.15) is 0 Å². The number of carbonyl (C=O) groups is 3. The molecule has 2 amide bonds. The number of hydrogen-bond acceptors (Lipinski definition) is 5. The first-order valence-electron chi connectivity index (χ1n) is 10.6. The summed E-state index contributed by atoms with van der Waals surface area (Å²) in [6.45, 7) is 2.18. The quantitative estimate of drug-likeness (QED) is 0.396. The normalized spacial score (nSPS) is 12.5. The fourth-order valence-electron chi connectivity index (χ4n) is 2.98. The van der Waals surface area contributed by atoms with Gasteiger partial charge in [0.25, 0.3) is 0 Å². The second-order valence-corrected chi connectivity index (χ2v) is 8.16. The molecule has 0 aliphatic heterocycles. The minimum absolute atomic E-state index is 0.0227. The van der Waals surface area contributed by atoms with E-state index in [1.165, 1.54) is 0 Å². The third-order valence-corrected chi connectivity index (χ3v) is 5.21. The van der Waals surface area contributed by atoms with Gasteiger partial charge in [-0.3, -0.25) is 14.4 Å². The minimum atomic E-state index is -0.426. The Kier molecular flexibility index (Phi) is 8.33. The van der Waals surface area contributed by atoms with Crippen LogP contribution in [0.3, 0.4) is 0 Å². The maximum Gasteiger partial charge on any atom is 0.306 e. The number of amides is 2. The van der Waals surface area contributed by atoms with E-state index in [4.69, 9.17) is 17.0 Å². The van der Waals surface area contributed by atoms with Gasteiger partial charge in [-0.25, -0.2) is 0 Å². The molecule has 8 heteroatoms. The second kappa shape index (κ2) is 11.4. The summed E-state index contributed by atoms with van der Waals surface area (Å²) >= 11 is 5.19. The third-order valence-electron chi connectivity index (χ3n) is 5.01. The zero-order chi connectivity index (χ0) is 22.9. The topological polar surface area (TPSA) is 96.5 Å². The average molecular weight is 454 g/mol. The molecule has 0 saturated heterocycles. The van der Waals surface area contributed by atoms with Crippen LogP contribution in [0.4, 0.5) is 11.4 Å². The summed E-state index contributed by atoms with van der Waals surface area (Å²) in [6, 6.07) is 15.2. The lowest BCUT2D eigenvalue weighted by atomic mass is 10.1. The van der Waals surface area contributed by atoms with Crippen molar-refractivity contribution in [1.82, 2.24) is 5.32 Å². The molecule has 1 saturated carbocycles. The highest BCUT2D eigenvalue weighted by Crippen LogP contribution is 2.31. The van der Waals surface area contributed by atoms with Crippen molar-refractivity contribution in [3.05, 3.63) is 59.7 Å². The number of benzene rings is 2. The van der Waals surface area contributed by atoms with Gasteiger partial charge in [-0.15, -0.1) is 0 Å². The van der Waals surface area contributed by atoms with Gasteiger partial charge in [-0.05, 0) is 55.2 Å². The average Bonchev–Trinajstić information content (AvgIpc) is 3.61. The van der Waals surface area contributed by atoms with Gasteiger partial charge in [0.05, 0.1) is 13.0 Å². The number of anilines is 2. The lowest BCUT2D eigenvalue weighted by molar-refractivity contribution is -0.144. The van der Waals surface area contributed by atoms with Crippen LogP contribution in [0.5, 0.6) is 0 Å². The Balaban J connectivity index is 1.37. The van der Waals surface area contributed by atoms with E-state index in [1.54, 1.807) is 6.07 Å². The number of esters is 1. The number of aryl methyl sites for hydroxylation is 1. The highest BCUT2D eigenvalue weighted by atomic mass is 32.1. The molecule has 0 heterocycles. The number of rotatable bonds is 9. The highest BCUT2D eigenvalue weighted by Gasteiger charge is 2.29. The van der Waals surface area contributed by atoms with Crippen LogP contribution in [0.1, 0.15) is 36.8 Å². The number of thiocarbonyl (C=S) groups is 1. The van der Waals surface area contributed by atoms with Crippen LogP contribution in [0, 0.1) is 12.8 Å². The molecule has 3 N–H and O–H groups in total. The van der Waals surface area contributed by atoms with Crippen molar-refractivity contribution >= 4 is 46.5 Å². The van der Waals surface area contributed by atoms with Gasteiger partial charge in [0.2, 0.25) is 11.8 Å². The minimum Gasteiger partial charge on any atom is -0.465 e. The Morgan fingerprint density at radius 2 is 1.78 bits per heavy atom. The molecule has 0 unspecified atom stereocenters. The molecule has 32 heavy (non-hydrogen) atoms. The van der Waals surface area contributed by atoms with Gasteiger partial charge in [-0.2, -0.15) is 0 Å². The van der Waals surface area contributed by atoms with Crippen LogP contribution in [0.15, 0.2) is 48.5 Å². The van der Waals surface area contributed by atoms with E-state index in [0.29, 0.717) is 17.8 Å². The first-order chi connectivity index (χ1) is 15.4. The summed E-state index contributed by atoms with van der Waals surface area (Å²) in [5, 5.41) is 8.53. The smallest absolute Gasteiger partial charge is 0.306 e. The standard InChI is InChI=1S/C24H27N3O4S/c1-16-7-10-19(15-20(16)26-23(30)18-8-9-18)25-24(32)27-21(28)11-12-22(29)31-14-13-17-5-3-2-4-6-17/h2-7,10,15,18H,8-9,11-14H2,1H3,(H,26,30)(H2,25,27,28,32). The number of ether oxygens (including phenoxy) is 1. The summed E-state index contributed by atoms with van der Waals surface area (Å²) < 4.78 is 5.17.